The number of hydrogen-bond donors (Lipinski definition) is 2. The number of hydrogen-bond acceptors (Lipinski definition) is 4. The number of carbonyl (C=O) groups excluding carboxylic acids is 1. The van der Waals surface area contributed by atoms with Gasteiger partial charge in [-0.05, 0) is 44.1 Å². The Balaban J connectivity index is 1.93. The second kappa shape index (κ2) is 10.3. The fourth-order valence-corrected chi connectivity index (χ4v) is 4.63. The summed E-state index contributed by atoms with van der Waals surface area (Å²) in [6.07, 6.45) is 0.865. The highest BCUT2D eigenvalue weighted by atomic mass is 32.2. The van der Waals surface area contributed by atoms with Gasteiger partial charge in [0.05, 0.1) is 6.04 Å². The van der Waals surface area contributed by atoms with Crippen LogP contribution in [0.25, 0.3) is 11.1 Å². The van der Waals surface area contributed by atoms with Gasteiger partial charge in [-0.3, -0.25) is 4.79 Å². The second-order valence-electron chi connectivity index (χ2n) is 8.45. The zero-order valence-electron chi connectivity index (χ0n) is 18.5. The van der Waals surface area contributed by atoms with Crippen molar-refractivity contribution in [3.63, 3.8) is 0 Å². The molecule has 2 N–H and O–H groups in total. The molecule has 174 valence electrons. The molecule has 0 radical (unpaired) electrons. The van der Waals surface area contributed by atoms with E-state index in [1.54, 1.807) is 28.8 Å². The van der Waals surface area contributed by atoms with Crippen molar-refractivity contribution in [1.29, 1.82) is 0 Å². The molecule has 8 heteroatoms. The van der Waals surface area contributed by atoms with Crippen molar-refractivity contribution in [3.8, 4) is 11.1 Å². The van der Waals surface area contributed by atoms with E-state index in [0.29, 0.717) is 24.4 Å². The van der Waals surface area contributed by atoms with Gasteiger partial charge >= 0.3 is 0 Å². The van der Waals surface area contributed by atoms with Crippen molar-refractivity contribution in [2.45, 2.75) is 51.3 Å². The smallest absolute Gasteiger partial charge is 0.254 e. The molecule has 2 atom stereocenters. The third-order valence-electron chi connectivity index (χ3n) is 5.73. The molecule has 0 spiro atoms. The monoisotopic (exact) mass is 466 g/mol. The Morgan fingerprint density at radius 2 is 1.81 bits per heavy atom. The number of thioether (sulfide) groups is 1. The minimum Gasteiger partial charge on any atom is -0.381 e. The highest BCUT2D eigenvalue weighted by Crippen LogP contribution is 2.31. The zero-order chi connectivity index (χ0) is 23.5. The van der Waals surface area contributed by atoms with Gasteiger partial charge in [0.15, 0.2) is 11.6 Å². The van der Waals surface area contributed by atoms with E-state index in [9.17, 15) is 18.7 Å². The Hall–Kier alpha value is -2.03. The van der Waals surface area contributed by atoms with E-state index in [-0.39, 0.29) is 29.6 Å². The summed E-state index contributed by atoms with van der Waals surface area (Å²) in [6, 6.07) is 7.83. The van der Waals surface area contributed by atoms with Crippen LogP contribution in [0.2, 0.25) is 0 Å². The summed E-state index contributed by atoms with van der Waals surface area (Å²) < 4.78 is 43.5. The summed E-state index contributed by atoms with van der Waals surface area (Å²) in [5.74, 6) is -1.56. The first-order valence-corrected chi connectivity index (χ1v) is 11.9. The van der Waals surface area contributed by atoms with Gasteiger partial charge < -0.3 is 15.3 Å². The molecule has 32 heavy (non-hydrogen) atoms. The van der Waals surface area contributed by atoms with Crippen LogP contribution in [0.15, 0.2) is 36.4 Å². The van der Waals surface area contributed by atoms with Crippen LogP contribution in [0.1, 0.15) is 32.8 Å². The van der Waals surface area contributed by atoms with Gasteiger partial charge in [0.1, 0.15) is 11.4 Å². The number of benzene rings is 2. The van der Waals surface area contributed by atoms with Gasteiger partial charge in [-0.2, -0.15) is 0 Å². The van der Waals surface area contributed by atoms with E-state index in [0.717, 1.165) is 11.8 Å². The number of nitrogens with zero attached hydrogens (tertiary/aromatic N) is 1. The van der Waals surface area contributed by atoms with Gasteiger partial charge in [-0.25, -0.2) is 13.2 Å². The highest BCUT2D eigenvalue weighted by Gasteiger charge is 2.41. The Labute approximate surface area is 191 Å². The maximum Gasteiger partial charge on any atom is 0.254 e. The van der Waals surface area contributed by atoms with Crippen LogP contribution in [0.5, 0.6) is 0 Å². The molecule has 0 bridgehead atoms. The summed E-state index contributed by atoms with van der Waals surface area (Å²) in [5.41, 5.74) is -1.41. The molecule has 2 unspecified atom stereocenters. The molecule has 1 fully saturated rings. The molecule has 3 rings (SSSR count). The number of aliphatic hydroxyl groups is 1. The van der Waals surface area contributed by atoms with Crippen molar-refractivity contribution in [2.75, 3.05) is 18.2 Å². The molecule has 4 nitrogen and oxygen atoms in total. The number of rotatable bonds is 8. The van der Waals surface area contributed by atoms with Gasteiger partial charge in [0.2, 0.25) is 0 Å². The van der Waals surface area contributed by atoms with E-state index in [4.69, 9.17) is 0 Å². The van der Waals surface area contributed by atoms with E-state index in [1.807, 2.05) is 0 Å². The molecule has 0 aliphatic carbocycles. The Kier molecular flexibility index (Phi) is 7.90. The standard InChI is InChI=1S/C24H29F3N2O2S/c1-4-32-14-28-19-11-12-29(23(30)24(2,3)31)20(19)13-15-7-5-8-16(21(15)26)17-9-6-10-18(25)22(17)27/h5-10,19-20,28,31H,4,11-14H2,1-3H3. The van der Waals surface area contributed by atoms with E-state index in [2.05, 4.69) is 12.2 Å². The quantitative estimate of drug-likeness (QED) is 0.449. The predicted octanol–water partition coefficient (Wildman–Crippen LogP) is 4.35. The van der Waals surface area contributed by atoms with Crippen molar-refractivity contribution in [2.24, 2.45) is 0 Å². The first-order chi connectivity index (χ1) is 15.1. The summed E-state index contributed by atoms with van der Waals surface area (Å²) in [4.78, 5) is 14.5. The van der Waals surface area contributed by atoms with Gasteiger partial charge in [0, 0.05) is 29.6 Å². The molecule has 0 saturated carbocycles. The Morgan fingerprint density at radius 1 is 1.16 bits per heavy atom. The molecule has 1 amide bonds. The maximum atomic E-state index is 15.5. The number of likely N-dealkylation sites (tertiary alicyclic amines) is 1. The van der Waals surface area contributed by atoms with Crippen LogP contribution in [0.3, 0.4) is 0 Å². The largest absolute Gasteiger partial charge is 0.381 e. The molecule has 1 saturated heterocycles. The first kappa shape index (κ1) is 24.6. The average Bonchev–Trinajstić information content (AvgIpc) is 3.13. The molecule has 1 aliphatic heterocycles. The molecule has 2 aromatic carbocycles. The predicted molar refractivity (Wildman–Crippen MR) is 122 cm³/mol. The number of nitrogens with one attached hydrogen (secondary N) is 1. The number of carbonyl (C=O) groups is 1. The normalized spacial score (nSPS) is 18.9. The third kappa shape index (κ3) is 5.30. The van der Waals surface area contributed by atoms with Gasteiger partial charge in [-0.1, -0.05) is 37.3 Å². The van der Waals surface area contributed by atoms with E-state index in [1.165, 1.54) is 32.0 Å². The summed E-state index contributed by atoms with van der Waals surface area (Å²) in [6.45, 7) is 5.37. The second-order valence-corrected chi connectivity index (χ2v) is 9.72. The van der Waals surface area contributed by atoms with E-state index < -0.39 is 29.0 Å². The van der Waals surface area contributed by atoms with Crippen LogP contribution in [-0.2, 0) is 11.2 Å². The van der Waals surface area contributed by atoms with Gasteiger partial charge in [-0.15, -0.1) is 11.8 Å². The molecule has 0 aromatic heterocycles. The Morgan fingerprint density at radius 3 is 2.47 bits per heavy atom. The highest BCUT2D eigenvalue weighted by molar-refractivity contribution is 7.99. The van der Waals surface area contributed by atoms with Crippen LogP contribution in [0.4, 0.5) is 13.2 Å². The lowest BCUT2D eigenvalue weighted by Gasteiger charge is -2.33. The van der Waals surface area contributed by atoms with Crippen molar-refractivity contribution < 1.29 is 23.1 Å². The Bertz CT molecular complexity index is 965. The molecule has 2 aromatic rings. The van der Waals surface area contributed by atoms with Crippen LogP contribution < -0.4 is 5.32 Å². The SMILES string of the molecule is CCSCNC1CCN(C(=O)C(C)(C)O)C1Cc1cccc(-c2cccc(F)c2F)c1F. The lowest BCUT2D eigenvalue weighted by Crippen LogP contribution is -2.52. The topological polar surface area (TPSA) is 52.6 Å². The summed E-state index contributed by atoms with van der Waals surface area (Å²) in [7, 11) is 0. The molecule has 1 aliphatic rings. The maximum absolute atomic E-state index is 15.5. The minimum atomic E-state index is -1.55. The fraction of sp³-hybridized carbons (Fsp3) is 0.458. The van der Waals surface area contributed by atoms with Crippen LogP contribution in [-0.4, -0.2) is 51.8 Å². The minimum absolute atomic E-state index is 0.0242. The third-order valence-corrected chi connectivity index (χ3v) is 6.51. The first-order valence-electron chi connectivity index (χ1n) is 10.7. The van der Waals surface area contributed by atoms with Crippen molar-refractivity contribution in [1.82, 2.24) is 10.2 Å². The lowest BCUT2D eigenvalue weighted by molar-refractivity contribution is -0.148. The molecular formula is C24H29F3N2O2S. The van der Waals surface area contributed by atoms with Gasteiger partial charge in [0.25, 0.3) is 5.91 Å². The lowest BCUT2D eigenvalue weighted by atomic mass is 9.95. The fourth-order valence-electron chi connectivity index (χ4n) is 4.10. The van der Waals surface area contributed by atoms with Crippen LogP contribution >= 0.6 is 11.8 Å². The van der Waals surface area contributed by atoms with Crippen LogP contribution in [0, 0.1) is 17.5 Å². The summed E-state index contributed by atoms with van der Waals surface area (Å²) in [5, 5.41) is 13.7. The zero-order valence-corrected chi connectivity index (χ0v) is 19.3. The molecular weight excluding hydrogens is 437 g/mol. The average molecular weight is 467 g/mol. The van der Waals surface area contributed by atoms with Crippen molar-refractivity contribution >= 4 is 17.7 Å². The van der Waals surface area contributed by atoms with E-state index >= 15 is 4.39 Å². The number of amides is 1. The number of halogens is 3. The molecule has 1 heterocycles. The summed E-state index contributed by atoms with van der Waals surface area (Å²) >= 11 is 1.71. The van der Waals surface area contributed by atoms with Crippen molar-refractivity contribution in [3.05, 3.63) is 59.4 Å².